The van der Waals surface area contributed by atoms with Crippen molar-refractivity contribution in [1.29, 1.82) is 0 Å². The molecular weight excluding hydrogens is 442 g/mol. The molecule has 1 aliphatic carbocycles. The van der Waals surface area contributed by atoms with Crippen molar-refractivity contribution in [3.05, 3.63) is 51.2 Å². The molecule has 2 unspecified atom stereocenters. The van der Waals surface area contributed by atoms with Crippen LogP contribution in [0.5, 0.6) is 0 Å². The van der Waals surface area contributed by atoms with Crippen LogP contribution in [0, 0.1) is 10.1 Å². The Hall–Kier alpha value is -2.47. The summed E-state index contributed by atoms with van der Waals surface area (Å²) in [7, 11) is 0. The second-order valence-corrected chi connectivity index (χ2v) is 9.63. The number of hydrazine groups is 1. The van der Waals surface area contributed by atoms with Gasteiger partial charge in [-0.05, 0) is 37.3 Å². The third-order valence-corrected chi connectivity index (χ3v) is 7.40. The van der Waals surface area contributed by atoms with Gasteiger partial charge in [0.15, 0.2) is 5.17 Å². The van der Waals surface area contributed by atoms with Gasteiger partial charge in [-0.1, -0.05) is 23.9 Å². The van der Waals surface area contributed by atoms with Gasteiger partial charge in [-0.25, -0.2) is 10.0 Å². The zero-order chi connectivity index (χ0) is 22.8. The van der Waals surface area contributed by atoms with Gasteiger partial charge >= 0.3 is 0 Å². The minimum atomic E-state index is -0.381. The van der Waals surface area contributed by atoms with E-state index in [9.17, 15) is 10.1 Å². The summed E-state index contributed by atoms with van der Waals surface area (Å²) in [5.74, 6) is 1.40. The molecule has 0 saturated carbocycles. The summed E-state index contributed by atoms with van der Waals surface area (Å²) in [6, 6.07) is 6.90. The van der Waals surface area contributed by atoms with Gasteiger partial charge in [0.1, 0.15) is 0 Å². The Balaban J connectivity index is 1.23. The number of rotatable bonds is 6. The van der Waals surface area contributed by atoms with Crippen LogP contribution in [0.3, 0.4) is 0 Å². The van der Waals surface area contributed by atoms with E-state index in [1.54, 1.807) is 23.9 Å². The highest BCUT2D eigenvalue weighted by Crippen LogP contribution is 2.32. The lowest BCUT2D eigenvalue weighted by molar-refractivity contribution is -0.384. The number of morpholine rings is 1. The van der Waals surface area contributed by atoms with Crippen LogP contribution in [0.15, 0.2) is 45.5 Å². The van der Waals surface area contributed by atoms with Crippen LogP contribution in [-0.2, 0) is 10.5 Å². The predicted molar refractivity (Wildman–Crippen MR) is 129 cm³/mol. The molecule has 176 valence electrons. The molecule has 1 saturated heterocycles. The smallest absolute Gasteiger partial charge is 0.269 e. The second kappa shape index (κ2) is 9.80. The minimum absolute atomic E-state index is 0.106. The topological polar surface area (TPSA) is 108 Å². The number of guanidine groups is 1. The van der Waals surface area contributed by atoms with Crippen molar-refractivity contribution in [3.63, 3.8) is 0 Å². The van der Waals surface area contributed by atoms with E-state index in [-0.39, 0.29) is 22.8 Å². The van der Waals surface area contributed by atoms with Crippen LogP contribution in [0.4, 0.5) is 5.69 Å². The first kappa shape index (κ1) is 22.3. The summed E-state index contributed by atoms with van der Waals surface area (Å²) in [5, 5.41) is 17.5. The third kappa shape index (κ3) is 5.06. The third-order valence-electron chi connectivity index (χ3n) is 6.47. The minimum Gasteiger partial charge on any atom is -0.379 e. The quantitative estimate of drug-likeness (QED) is 0.481. The number of ether oxygens (including phenoxy) is 1. The first-order valence-corrected chi connectivity index (χ1v) is 12.4. The van der Waals surface area contributed by atoms with E-state index >= 15 is 0 Å². The summed E-state index contributed by atoms with van der Waals surface area (Å²) in [6.45, 7) is 6.52. The fourth-order valence-corrected chi connectivity index (χ4v) is 5.45. The summed E-state index contributed by atoms with van der Waals surface area (Å²) in [5.41, 5.74) is 7.01. The lowest BCUT2D eigenvalue weighted by atomic mass is 9.91. The Bertz CT molecular complexity index is 988. The van der Waals surface area contributed by atoms with Gasteiger partial charge in [0.2, 0.25) is 5.96 Å². The molecule has 1 aromatic rings. The number of non-ortho nitro benzene ring substituents is 1. The highest BCUT2D eigenvalue weighted by Gasteiger charge is 2.34. The number of nitrogens with zero attached hydrogens (tertiary/aromatic N) is 5. The number of fused-ring (bicyclic) bond motifs is 1. The molecule has 5 rings (SSSR count). The van der Waals surface area contributed by atoms with Crippen molar-refractivity contribution in [3.8, 4) is 0 Å². The van der Waals surface area contributed by atoms with Crippen LogP contribution in [0.25, 0.3) is 0 Å². The number of aliphatic imine (C=N–C) groups is 2. The summed E-state index contributed by atoms with van der Waals surface area (Å²) < 4.78 is 5.49. The normalized spacial score (nSPS) is 23.9. The molecule has 33 heavy (non-hydrogen) atoms. The number of nitro groups is 1. The molecular formula is C22H29N7O3S. The molecule has 0 bridgehead atoms. The molecule has 1 aromatic carbocycles. The maximum Gasteiger partial charge on any atom is 0.269 e. The first-order valence-electron chi connectivity index (χ1n) is 11.4. The van der Waals surface area contributed by atoms with Gasteiger partial charge in [-0.15, -0.1) is 0 Å². The fraction of sp³-hybridized carbons (Fsp3) is 0.545. The number of benzene rings is 1. The summed E-state index contributed by atoms with van der Waals surface area (Å²) in [4.78, 5) is 22.6. The van der Waals surface area contributed by atoms with E-state index in [2.05, 4.69) is 22.6 Å². The maximum atomic E-state index is 10.8. The maximum absolute atomic E-state index is 10.8. The van der Waals surface area contributed by atoms with Gasteiger partial charge in [-0.3, -0.25) is 25.8 Å². The van der Waals surface area contributed by atoms with Crippen LogP contribution < -0.4 is 10.7 Å². The number of hydrogen-bond donors (Lipinski definition) is 2. The second-order valence-electron chi connectivity index (χ2n) is 8.66. The van der Waals surface area contributed by atoms with Gasteiger partial charge in [-0.2, -0.15) is 4.99 Å². The van der Waals surface area contributed by atoms with Crippen LogP contribution >= 0.6 is 11.8 Å². The molecule has 4 aliphatic rings. The highest BCUT2D eigenvalue weighted by atomic mass is 32.2. The van der Waals surface area contributed by atoms with Crippen molar-refractivity contribution >= 4 is 28.6 Å². The van der Waals surface area contributed by atoms with E-state index in [1.165, 1.54) is 17.7 Å². The number of nitrogens with one attached hydrogen (secondary N) is 2. The van der Waals surface area contributed by atoms with Crippen LogP contribution in [0.1, 0.15) is 31.7 Å². The Morgan fingerprint density at radius 3 is 2.85 bits per heavy atom. The average Bonchev–Trinajstić information content (AvgIpc) is 3.24. The zero-order valence-corrected chi connectivity index (χ0v) is 19.5. The predicted octanol–water partition coefficient (Wildman–Crippen LogP) is 2.45. The standard InChI is InChI=1S/C22H29N7O3S/c1-15(27-9-11-32-12-10-27)23-19-4-2-3-17-13-28-21(24-20(17)19)25-22(26-28)33-14-16-5-7-18(8-6-16)29(30)31/h5-8,15,19,23H,2-4,9-14H2,1H3,(H,24,25,26). The molecule has 2 atom stereocenters. The van der Waals surface area contributed by atoms with Crippen molar-refractivity contribution in [2.45, 2.75) is 44.1 Å². The van der Waals surface area contributed by atoms with Gasteiger partial charge in [0.05, 0.1) is 42.6 Å². The Labute approximate surface area is 197 Å². The molecule has 1 fully saturated rings. The summed E-state index contributed by atoms with van der Waals surface area (Å²) in [6.07, 6.45) is 3.60. The number of hydrogen-bond acceptors (Lipinski definition) is 10. The van der Waals surface area contributed by atoms with E-state index in [0.29, 0.717) is 11.7 Å². The fourth-order valence-electron chi connectivity index (χ4n) is 4.64. The Morgan fingerprint density at radius 2 is 2.09 bits per heavy atom. The number of thioether (sulfide) groups is 1. The lowest BCUT2D eigenvalue weighted by Crippen LogP contribution is -2.53. The zero-order valence-electron chi connectivity index (χ0n) is 18.7. The van der Waals surface area contributed by atoms with E-state index < -0.39 is 0 Å². The van der Waals surface area contributed by atoms with E-state index in [4.69, 9.17) is 14.7 Å². The van der Waals surface area contributed by atoms with Crippen LogP contribution in [-0.4, -0.2) is 71.0 Å². The molecule has 3 aliphatic heterocycles. The molecule has 3 heterocycles. The average molecular weight is 472 g/mol. The van der Waals surface area contributed by atoms with Gasteiger partial charge in [0.25, 0.3) is 5.69 Å². The first-order chi connectivity index (χ1) is 16.1. The van der Waals surface area contributed by atoms with Gasteiger partial charge < -0.3 is 4.74 Å². The monoisotopic (exact) mass is 471 g/mol. The van der Waals surface area contributed by atoms with E-state index in [1.807, 2.05) is 5.01 Å². The van der Waals surface area contributed by atoms with E-state index in [0.717, 1.165) is 68.5 Å². The van der Waals surface area contributed by atoms with Gasteiger partial charge in [0, 0.05) is 31.0 Å². The molecule has 0 spiro atoms. The number of nitro benzene ring substituents is 1. The number of amidine groups is 1. The molecule has 2 N–H and O–H groups in total. The SMILES string of the molecule is CC(NC1CCCC2=C1N=C1N=C(SCc3ccc([N+](=O)[O-])cc3)NN1C2)N1CCOCC1. The molecule has 0 radical (unpaired) electrons. The molecule has 11 heteroatoms. The van der Waals surface area contributed by atoms with Crippen molar-refractivity contribution in [1.82, 2.24) is 20.7 Å². The largest absolute Gasteiger partial charge is 0.379 e. The van der Waals surface area contributed by atoms with Crippen molar-refractivity contribution in [2.75, 3.05) is 32.8 Å². The Morgan fingerprint density at radius 1 is 1.30 bits per heavy atom. The lowest BCUT2D eigenvalue weighted by Gasteiger charge is -2.38. The molecule has 0 amide bonds. The summed E-state index contributed by atoms with van der Waals surface area (Å²) >= 11 is 1.57. The molecule has 0 aromatic heterocycles. The van der Waals surface area contributed by atoms with Crippen molar-refractivity contribution < 1.29 is 9.66 Å². The highest BCUT2D eigenvalue weighted by molar-refractivity contribution is 8.13. The van der Waals surface area contributed by atoms with Crippen LogP contribution in [0.2, 0.25) is 0 Å². The molecule has 10 nitrogen and oxygen atoms in total. The van der Waals surface area contributed by atoms with Crippen molar-refractivity contribution in [2.24, 2.45) is 9.98 Å². The Kier molecular flexibility index (Phi) is 6.63.